The number of aryl methyl sites for hydroxylation is 1. The van der Waals surface area contributed by atoms with Crippen molar-refractivity contribution >= 4 is 0 Å². The Kier molecular flexibility index (Phi) is 5.75. The van der Waals surface area contributed by atoms with Gasteiger partial charge in [-0.2, -0.15) is 0 Å². The highest BCUT2D eigenvalue weighted by Gasteiger charge is 2.29. The summed E-state index contributed by atoms with van der Waals surface area (Å²) in [6.07, 6.45) is 3.99. The lowest BCUT2D eigenvalue weighted by atomic mass is 10.1. The average Bonchev–Trinajstić information content (AvgIpc) is 2.89. The first kappa shape index (κ1) is 14.4. The van der Waals surface area contributed by atoms with E-state index in [4.69, 9.17) is 9.47 Å². The molecule has 6 nitrogen and oxygen atoms in total. The molecule has 0 spiro atoms. The summed E-state index contributed by atoms with van der Waals surface area (Å²) in [7, 11) is 0. The van der Waals surface area contributed by atoms with Crippen molar-refractivity contribution in [3.8, 4) is 0 Å². The molecule has 6 heteroatoms. The molecule has 1 aliphatic heterocycles. The minimum Gasteiger partial charge on any atom is -0.376 e. The Bertz CT molecular complexity index is 363. The van der Waals surface area contributed by atoms with Crippen LogP contribution in [0, 0.1) is 0 Å². The zero-order valence-electron chi connectivity index (χ0n) is 11.8. The van der Waals surface area contributed by atoms with Gasteiger partial charge in [0.05, 0.1) is 37.8 Å². The summed E-state index contributed by atoms with van der Waals surface area (Å²) in [6, 6.07) is 0.0989. The van der Waals surface area contributed by atoms with Crippen molar-refractivity contribution in [1.82, 2.24) is 20.3 Å². The monoisotopic (exact) mass is 268 g/mol. The summed E-state index contributed by atoms with van der Waals surface area (Å²) in [5.41, 5.74) is 1.09. The maximum atomic E-state index is 5.84. The number of nitrogens with one attached hydrogen (secondary N) is 1. The molecule has 1 N–H and O–H groups in total. The number of nitrogens with zero attached hydrogens (tertiary/aromatic N) is 3. The first-order valence-corrected chi connectivity index (χ1v) is 7.18. The number of ether oxygens (including phenoxy) is 2. The predicted molar refractivity (Wildman–Crippen MR) is 71.9 cm³/mol. The topological polar surface area (TPSA) is 61.2 Å². The second-order valence-corrected chi connectivity index (χ2v) is 4.80. The van der Waals surface area contributed by atoms with E-state index in [-0.39, 0.29) is 12.1 Å². The quantitative estimate of drug-likeness (QED) is 0.803. The normalized spacial score (nSPS) is 21.5. The third kappa shape index (κ3) is 3.75. The van der Waals surface area contributed by atoms with Gasteiger partial charge in [0.1, 0.15) is 6.10 Å². The summed E-state index contributed by atoms with van der Waals surface area (Å²) < 4.78 is 13.3. The molecule has 1 aromatic heterocycles. The van der Waals surface area contributed by atoms with Gasteiger partial charge in [-0.3, -0.25) is 0 Å². The molecule has 0 bridgehead atoms. The lowest BCUT2D eigenvalue weighted by Crippen LogP contribution is -2.41. The fourth-order valence-electron chi connectivity index (χ4n) is 2.32. The molecular formula is C13H24N4O2. The van der Waals surface area contributed by atoms with Gasteiger partial charge in [0, 0.05) is 6.54 Å². The second kappa shape index (κ2) is 7.57. The van der Waals surface area contributed by atoms with Gasteiger partial charge in [0.2, 0.25) is 0 Å². The van der Waals surface area contributed by atoms with Crippen LogP contribution < -0.4 is 5.32 Å². The molecule has 0 aliphatic carbocycles. The average molecular weight is 268 g/mol. The van der Waals surface area contributed by atoms with E-state index >= 15 is 0 Å². The summed E-state index contributed by atoms with van der Waals surface area (Å²) in [6.45, 7) is 8.09. The highest BCUT2D eigenvalue weighted by molar-refractivity contribution is 5.06. The first-order valence-electron chi connectivity index (χ1n) is 7.18. The van der Waals surface area contributed by atoms with Crippen LogP contribution in [-0.2, 0) is 16.0 Å². The Morgan fingerprint density at radius 1 is 1.42 bits per heavy atom. The molecule has 19 heavy (non-hydrogen) atoms. The van der Waals surface area contributed by atoms with Crippen LogP contribution in [-0.4, -0.2) is 47.5 Å². The molecule has 2 atom stereocenters. The summed E-state index contributed by atoms with van der Waals surface area (Å²) >= 11 is 0. The van der Waals surface area contributed by atoms with Crippen molar-refractivity contribution in [2.45, 2.75) is 45.4 Å². The van der Waals surface area contributed by atoms with Gasteiger partial charge in [-0.15, -0.1) is 5.10 Å². The van der Waals surface area contributed by atoms with Crippen molar-refractivity contribution in [2.24, 2.45) is 0 Å². The van der Waals surface area contributed by atoms with Gasteiger partial charge >= 0.3 is 0 Å². The fraction of sp³-hybridized carbons (Fsp3) is 0.846. The molecule has 0 saturated carbocycles. The van der Waals surface area contributed by atoms with Crippen molar-refractivity contribution in [1.29, 1.82) is 0 Å². The smallest absolute Gasteiger partial charge is 0.102 e. The van der Waals surface area contributed by atoms with Crippen LogP contribution in [0.3, 0.4) is 0 Å². The van der Waals surface area contributed by atoms with Gasteiger partial charge in [0.15, 0.2) is 0 Å². The van der Waals surface area contributed by atoms with E-state index in [1.807, 2.05) is 10.9 Å². The molecule has 2 unspecified atom stereocenters. The van der Waals surface area contributed by atoms with E-state index in [1.165, 1.54) is 0 Å². The standard InChI is InChI=1S/C13H24N4O2/c1-3-5-14-13(12-10-18-7-8-19-12)11-9-15-16-17(11)6-4-2/h9,12-14H,3-8,10H2,1-2H3. The van der Waals surface area contributed by atoms with Gasteiger partial charge in [-0.05, 0) is 19.4 Å². The van der Waals surface area contributed by atoms with E-state index in [9.17, 15) is 0 Å². The van der Waals surface area contributed by atoms with Gasteiger partial charge in [-0.25, -0.2) is 4.68 Å². The Hall–Kier alpha value is -0.980. The largest absolute Gasteiger partial charge is 0.376 e. The van der Waals surface area contributed by atoms with Gasteiger partial charge in [0.25, 0.3) is 0 Å². The molecule has 1 aromatic rings. The van der Waals surface area contributed by atoms with E-state index in [1.54, 1.807) is 0 Å². The molecule has 1 fully saturated rings. The minimum absolute atomic E-state index is 0.0365. The van der Waals surface area contributed by atoms with Crippen LogP contribution in [0.1, 0.15) is 38.4 Å². The Morgan fingerprint density at radius 2 is 2.32 bits per heavy atom. The summed E-state index contributed by atoms with van der Waals surface area (Å²) in [5.74, 6) is 0. The predicted octanol–water partition coefficient (Wildman–Crippen LogP) is 1.14. The van der Waals surface area contributed by atoms with Crippen LogP contribution >= 0.6 is 0 Å². The van der Waals surface area contributed by atoms with Crippen LogP contribution in [0.15, 0.2) is 6.20 Å². The van der Waals surface area contributed by atoms with Crippen molar-refractivity contribution < 1.29 is 9.47 Å². The van der Waals surface area contributed by atoms with Gasteiger partial charge < -0.3 is 14.8 Å². The second-order valence-electron chi connectivity index (χ2n) is 4.80. The summed E-state index contributed by atoms with van der Waals surface area (Å²) in [5, 5.41) is 11.7. The molecule has 2 heterocycles. The molecule has 0 radical (unpaired) electrons. The zero-order valence-corrected chi connectivity index (χ0v) is 11.8. The van der Waals surface area contributed by atoms with Crippen LogP contribution in [0.4, 0.5) is 0 Å². The fourth-order valence-corrected chi connectivity index (χ4v) is 2.32. The zero-order chi connectivity index (χ0) is 13.5. The van der Waals surface area contributed by atoms with Crippen LogP contribution in [0.5, 0.6) is 0 Å². The highest BCUT2D eigenvalue weighted by atomic mass is 16.6. The molecule has 2 rings (SSSR count). The summed E-state index contributed by atoms with van der Waals surface area (Å²) in [4.78, 5) is 0. The lowest BCUT2D eigenvalue weighted by Gasteiger charge is -2.31. The third-order valence-corrected chi connectivity index (χ3v) is 3.23. The van der Waals surface area contributed by atoms with Crippen molar-refractivity contribution in [3.05, 3.63) is 11.9 Å². The maximum Gasteiger partial charge on any atom is 0.102 e. The van der Waals surface area contributed by atoms with E-state index in [0.717, 1.165) is 31.6 Å². The van der Waals surface area contributed by atoms with E-state index < -0.39 is 0 Å². The minimum atomic E-state index is 0.0365. The van der Waals surface area contributed by atoms with Crippen LogP contribution in [0.25, 0.3) is 0 Å². The maximum absolute atomic E-state index is 5.84. The number of aromatic nitrogens is 3. The van der Waals surface area contributed by atoms with Crippen molar-refractivity contribution in [3.63, 3.8) is 0 Å². The molecular weight excluding hydrogens is 244 g/mol. The molecule has 1 saturated heterocycles. The molecule has 1 aliphatic rings. The first-order chi connectivity index (χ1) is 9.36. The van der Waals surface area contributed by atoms with E-state index in [0.29, 0.717) is 19.8 Å². The molecule has 108 valence electrons. The Balaban J connectivity index is 2.12. The Morgan fingerprint density at radius 3 is 3.00 bits per heavy atom. The third-order valence-electron chi connectivity index (χ3n) is 3.23. The SMILES string of the molecule is CCCNC(c1cnnn1CCC)C1COCCO1. The molecule has 0 amide bonds. The van der Waals surface area contributed by atoms with Gasteiger partial charge in [-0.1, -0.05) is 19.1 Å². The highest BCUT2D eigenvalue weighted by Crippen LogP contribution is 2.21. The number of rotatable bonds is 7. The van der Waals surface area contributed by atoms with Crippen LogP contribution in [0.2, 0.25) is 0 Å². The molecule has 0 aromatic carbocycles. The number of hydrogen-bond acceptors (Lipinski definition) is 5. The van der Waals surface area contributed by atoms with Crippen molar-refractivity contribution in [2.75, 3.05) is 26.4 Å². The number of hydrogen-bond donors (Lipinski definition) is 1. The Labute approximate surface area is 114 Å². The lowest BCUT2D eigenvalue weighted by molar-refractivity contribution is -0.103. The van der Waals surface area contributed by atoms with E-state index in [2.05, 4.69) is 29.5 Å².